The fourth-order valence-electron chi connectivity index (χ4n) is 2.51. The molecule has 1 aliphatic rings. The SMILES string of the molecule is Cc1ncsc1CNc1ncnc2c1CCCCC2. The standard InChI is InChI=1S/C14H18N4S/c1-10-13(19-9-18-10)7-15-14-11-5-3-2-4-6-12(11)16-8-17-14/h8-9H,2-7H2,1H3,(H,15,16,17). The summed E-state index contributed by atoms with van der Waals surface area (Å²) < 4.78 is 0. The van der Waals surface area contributed by atoms with E-state index in [9.17, 15) is 0 Å². The van der Waals surface area contributed by atoms with Crippen molar-refractivity contribution in [2.45, 2.75) is 45.6 Å². The van der Waals surface area contributed by atoms with Crippen LogP contribution in [0.5, 0.6) is 0 Å². The van der Waals surface area contributed by atoms with Crippen LogP contribution in [0.15, 0.2) is 11.8 Å². The van der Waals surface area contributed by atoms with Gasteiger partial charge in [0.2, 0.25) is 0 Å². The number of hydrogen-bond acceptors (Lipinski definition) is 5. The number of fused-ring (bicyclic) bond motifs is 1. The maximum absolute atomic E-state index is 4.44. The second-order valence-corrected chi connectivity index (χ2v) is 5.86. The second-order valence-electron chi connectivity index (χ2n) is 4.92. The monoisotopic (exact) mass is 274 g/mol. The Balaban J connectivity index is 1.79. The van der Waals surface area contributed by atoms with Crippen LogP contribution >= 0.6 is 11.3 Å². The molecule has 3 rings (SSSR count). The Kier molecular flexibility index (Phi) is 3.73. The number of nitrogens with zero attached hydrogens (tertiary/aromatic N) is 3. The molecule has 2 aromatic heterocycles. The van der Waals surface area contributed by atoms with E-state index < -0.39 is 0 Å². The van der Waals surface area contributed by atoms with Crippen LogP contribution in [-0.4, -0.2) is 15.0 Å². The van der Waals surface area contributed by atoms with Gasteiger partial charge in [0.15, 0.2) is 0 Å². The number of nitrogens with one attached hydrogen (secondary N) is 1. The molecule has 0 atom stereocenters. The summed E-state index contributed by atoms with van der Waals surface area (Å²) in [7, 11) is 0. The van der Waals surface area contributed by atoms with Crippen molar-refractivity contribution in [3.8, 4) is 0 Å². The maximum Gasteiger partial charge on any atom is 0.133 e. The summed E-state index contributed by atoms with van der Waals surface area (Å²) in [6.07, 6.45) is 7.66. The number of hydrogen-bond donors (Lipinski definition) is 1. The molecule has 1 N–H and O–H groups in total. The molecular weight excluding hydrogens is 256 g/mol. The molecule has 0 radical (unpaired) electrons. The van der Waals surface area contributed by atoms with E-state index in [1.807, 2.05) is 12.4 Å². The van der Waals surface area contributed by atoms with Gasteiger partial charge in [-0.3, -0.25) is 0 Å². The number of rotatable bonds is 3. The molecule has 2 heterocycles. The molecule has 19 heavy (non-hydrogen) atoms. The Hall–Kier alpha value is -1.49. The Labute approximate surface area is 117 Å². The Bertz CT molecular complexity index is 564. The van der Waals surface area contributed by atoms with Crippen LogP contribution in [0.4, 0.5) is 5.82 Å². The average Bonchev–Trinajstić information content (AvgIpc) is 2.69. The highest BCUT2D eigenvalue weighted by atomic mass is 32.1. The third-order valence-corrected chi connectivity index (χ3v) is 4.57. The summed E-state index contributed by atoms with van der Waals surface area (Å²) in [5.41, 5.74) is 5.56. The van der Waals surface area contributed by atoms with Crippen molar-refractivity contribution in [2.75, 3.05) is 5.32 Å². The van der Waals surface area contributed by atoms with Crippen molar-refractivity contribution in [1.82, 2.24) is 15.0 Å². The van der Waals surface area contributed by atoms with E-state index in [4.69, 9.17) is 0 Å². The van der Waals surface area contributed by atoms with Gasteiger partial charge in [-0.1, -0.05) is 6.42 Å². The predicted molar refractivity (Wildman–Crippen MR) is 77.5 cm³/mol. The molecule has 0 aliphatic heterocycles. The van der Waals surface area contributed by atoms with Crippen LogP contribution in [0.1, 0.15) is 41.1 Å². The largest absolute Gasteiger partial charge is 0.365 e. The molecule has 0 saturated heterocycles. The Morgan fingerprint density at radius 1 is 1.16 bits per heavy atom. The van der Waals surface area contributed by atoms with Crippen molar-refractivity contribution in [1.29, 1.82) is 0 Å². The van der Waals surface area contributed by atoms with Crippen LogP contribution in [-0.2, 0) is 19.4 Å². The van der Waals surface area contributed by atoms with Gasteiger partial charge < -0.3 is 5.32 Å². The summed E-state index contributed by atoms with van der Waals surface area (Å²) in [6, 6.07) is 0. The molecule has 0 aromatic carbocycles. The molecule has 4 nitrogen and oxygen atoms in total. The molecule has 0 fully saturated rings. The maximum atomic E-state index is 4.44. The number of aromatic nitrogens is 3. The summed E-state index contributed by atoms with van der Waals surface area (Å²) >= 11 is 1.69. The lowest BCUT2D eigenvalue weighted by Gasteiger charge is -2.11. The van der Waals surface area contributed by atoms with Gasteiger partial charge >= 0.3 is 0 Å². The van der Waals surface area contributed by atoms with E-state index in [1.165, 1.54) is 35.4 Å². The highest BCUT2D eigenvalue weighted by Gasteiger charge is 2.14. The third kappa shape index (κ3) is 2.76. The van der Waals surface area contributed by atoms with Gasteiger partial charge in [-0.25, -0.2) is 15.0 Å². The van der Waals surface area contributed by atoms with Gasteiger partial charge in [-0.05, 0) is 32.6 Å². The zero-order valence-corrected chi connectivity index (χ0v) is 12.0. The second kappa shape index (κ2) is 5.65. The van der Waals surface area contributed by atoms with Crippen molar-refractivity contribution < 1.29 is 0 Å². The van der Waals surface area contributed by atoms with Crippen LogP contribution in [0.25, 0.3) is 0 Å². The zero-order chi connectivity index (χ0) is 13.1. The first-order chi connectivity index (χ1) is 9.34. The number of aryl methyl sites for hydroxylation is 2. The number of thiazole rings is 1. The molecular formula is C14H18N4S. The van der Waals surface area contributed by atoms with Crippen LogP contribution in [0.2, 0.25) is 0 Å². The molecule has 0 amide bonds. The first-order valence-corrected chi connectivity index (χ1v) is 7.68. The number of anilines is 1. The van der Waals surface area contributed by atoms with Gasteiger partial charge in [-0.2, -0.15) is 0 Å². The lowest BCUT2D eigenvalue weighted by Crippen LogP contribution is -2.07. The van der Waals surface area contributed by atoms with Crippen molar-refractivity contribution >= 4 is 17.2 Å². The smallest absolute Gasteiger partial charge is 0.133 e. The van der Waals surface area contributed by atoms with Crippen molar-refractivity contribution in [3.63, 3.8) is 0 Å². The minimum Gasteiger partial charge on any atom is -0.365 e. The van der Waals surface area contributed by atoms with E-state index in [0.717, 1.165) is 30.9 Å². The highest BCUT2D eigenvalue weighted by Crippen LogP contribution is 2.24. The molecule has 0 bridgehead atoms. The average molecular weight is 274 g/mol. The Morgan fingerprint density at radius 3 is 2.89 bits per heavy atom. The summed E-state index contributed by atoms with van der Waals surface area (Å²) in [4.78, 5) is 14.4. The predicted octanol–water partition coefficient (Wildman–Crippen LogP) is 3.12. The molecule has 5 heteroatoms. The van der Waals surface area contributed by atoms with Crippen LogP contribution in [0, 0.1) is 6.92 Å². The summed E-state index contributed by atoms with van der Waals surface area (Å²) in [6.45, 7) is 2.86. The topological polar surface area (TPSA) is 50.7 Å². The fourth-order valence-corrected chi connectivity index (χ4v) is 3.23. The lowest BCUT2D eigenvalue weighted by atomic mass is 10.1. The summed E-state index contributed by atoms with van der Waals surface area (Å²) in [5.74, 6) is 1.01. The van der Waals surface area contributed by atoms with E-state index in [-0.39, 0.29) is 0 Å². The zero-order valence-electron chi connectivity index (χ0n) is 11.1. The van der Waals surface area contributed by atoms with Gasteiger partial charge in [0.1, 0.15) is 12.1 Å². The van der Waals surface area contributed by atoms with E-state index in [2.05, 4.69) is 20.3 Å². The molecule has 0 saturated carbocycles. The van der Waals surface area contributed by atoms with Gasteiger partial charge in [0, 0.05) is 16.1 Å². The lowest BCUT2D eigenvalue weighted by molar-refractivity contribution is 0.709. The van der Waals surface area contributed by atoms with Crippen molar-refractivity contribution in [2.24, 2.45) is 0 Å². The van der Waals surface area contributed by atoms with Gasteiger partial charge in [0.25, 0.3) is 0 Å². The quantitative estimate of drug-likeness (QED) is 0.874. The minimum absolute atomic E-state index is 0.806. The molecule has 2 aromatic rings. The molecule has 100 valence electrons. The van der Waals surface area contributed by atoms with Crippen LogP contribution < -0.4 is 5.32 Å². The van der Waals surface area contributed by atoms with E-state index in [1.54, 1.807) is 17.7 Å². The van der Waals surface area contributed by atoms with Gasteiger partial charge in [-0.15, -0.1) is 11.3 Å². The molecule has 1 aliphatic carbocycles. The van der Waals surface area contributed by atoms with Gasteiger partial charge in [0.05, 0.1) is 17.7 Å². The normalized spacial score (nSPS) is 14.8. The van der Waals surface area contributed by atoms with Crippen molar-refractivity contribution in [3.05, 3.63) is 33.7 Å². The summed E-state index contributed by atoms with van der Waals surface area (Å²) in [5, 5.41) is 3.46. The minimum atomic E-state index is 0.806. The third-order valence-electron chi connectivity index (χ3n) is 3.64. The highest BCUT2D eigenvalue weighted by molar-refractivity contribution is 7.09. The van der Waals surface area contributed by atoms with Crippen LogP contribution in [0.3, 0.4) is 0 Å². The fraction of sp³-hybridized carbons (Fsp3) is 0.500. The Morgan fingerprint density at radius 2 is 2.05 bits per heavy atom. The first-order valence-electron chi connectivity index (χ1n) is 6.80. The molecule has 0 unspecified atom stereocenters. The van der Waals surface area contributed by atoms with E-state index in [0.29, 0.717) is 0 Å². The molecule has 0 spiro atoms. The first kappa shape index (κ1) is 12.5. The van der Waals surface area contributed by atoms with E-state index >= 15 is 0 Å².